The van der Waals surface area contributed by atoms with Gasteiger partial charge in [-0.05, 0) is 24.6 Å². The van der Waals surface area contributed by atoms with Crippen molar-refractivity contribution >= 4 is 29.1 Å². The summed E-state index contributed by atoms with van der Waals surface area (Å²) >= 11 is 3.06. The molecule has 6 nitrogen and oxygen atoms in total. The van der Waals surface area contributed by atoms with Gasteiger partial charge in [-0.3, -0.25) is 0 Å². The Hall–Kier alpha value is -2.19. The monoisotopic (exact) mass is 361 g/mol. The Labute approximate surface area is 147 Å². The molecule has 24 heavy (non-hydrogen) atoms. The summed E-state index contributed by atoms with van der Waals surface area (Å²) in [6, 6.07) is 7.25. The summed E-state index contributed by atoms with van der Waals surface area (Å²) in [7, 11) is 1.37. The highest BCUT2D eigenvalue weighted by Gasteiger charge is 2.10. The molecule has 0 atom stereocenters. The molecule has 124 valence electrons. The van der Waals surface area contributed by atoms with E-state index in [1.54, 1.807) is 23.5 Å². The number of carbonyl (C=O) groups is 1. The smallest absolute Gasteiger partial charge is 0.337 e. The third-order valence-electron chi connectivity index (χ3n) is 3.18. The Morgan fingerprint density at radius 2 is 2.08 bits per heavy atom. The predicted molar refractivity (Wildman–Crippen MR) is 91.3 cm³/mol. The minimum atomic E-state index is -0.340. The minimum absolute atomic E-state index is 0.340. The summed E-state index contributed by atoms with van der Waals surface area (Å²) in [6.45, 7) is 1.97. The highest BCUT2D eigenvalue weighted by molar-refractivity contribution is 7.98. The zero-order valence-electron chi connectivity index (χ0n) is 13.2. The molecule has 2 aromatic heterocycles. The molecule has 3 aromatic rings. The average Bonchev–Trinajstić information content (AvgIpc) is 3.22. The van der Waals surface area contributed by atoms with Gasteiger partial charge in [0, 0.05) is 11.1 Å². The van der Waals surface area contributed by atoms with E-state index in [0.29, 0.717) is 28.9 Å². The summed E-state index contributed by atoms with van der Waals surface area (Å²) in [6.07, 6.45) is 0.547. The Kier molecular flexibility index (Phi) is 5.27. The lowest BCUT2D eigenvalue weighted by atomic mass is 10.1. The molecule has 0 saturated carbocycles. The number of esters is 1. The largest absolute Gasteiger partial charge is 0.465 e. The fraction of sp³-hybridized carbons (Fsp3) is 0.250. The van der Waals surface area contributed by atoms with Crippen LogP contribution in [0.3, 0.4) is 0 Å². The van der Waals surface area contributed by atoms with Gasteiger partial charge in [0.1, 0.15) is 0 Å². The summed E-state index contributed by atoms with van der Waals surface area (Å²) in [5.41, 5.74) is 2.53. The van der Waals surface area contributed by atoms with Gasteiger partial charge in [0.25, 0.3) is 5.22 Å². The van der Waals surface area contributed by atoms with Crippen LogP contribution in [0.4, 0.5) is 0 Å². The maximum atomic E-state index is 11.4. The van der Waals surface area contributed by atoms with E-state index < -0.39 is 0 Å². The number of thiazole rings is 1. The molecule has 0 aliphatic heterocycles. The first-order valence-corrected chi connectivity index (χ1v) is 9.04. The minimum Gasteiger partial charge on any atom is -0.465 e. The molecule has 0 fully saturated rings. The second-order valence-electron chi connectivity index (χ2n) is 4.97. The maximum absolute atomic E-state index is 11.4. The van der Waals surface area contributed by atoms with Crippen molar-refractivity contribution in [2.45, 2.75) is 24.3 Å². The van der Waals surface area contributed by atoms with Crippen molar-refractivity contribution in [2.24, 2.45) is 0 Å². The van der Waals surface area contributed by atoms with E-state index in [0.717, 1.165) is 16.3 Å². The molecule has 0 aliphatic carbocycles. The van der Waals surface area contributed by atoms with Crippen LogP contribution in [-0.4, -0.2) is 28.3 Å². The Morgan fingerprint density at radius 1 is 1.29 bits per heavy atom. The van der Waals surface area contributed by atoms with Crippen molar-refractivity contribution in [3.05, 3.63) is 57.4 Å². The van der Waals surface area contributed by atoms with Crippen LogP contribution in [0.15, 0.2) is 39.3 Å². The fourth-order valence-electron chi connectivity index (χ4n) is 2.01. The molecule has 1 aromatic carbocycles. The van der Waals surface area contributed by atoms with E-state index >= 15 is 0 Å². The maximum Gasteiger partial charge on any atom is 0.337 e. The molecule has 2 heterocycles. The summed E-state index contributed by atoms with van der Waals surface area (Å²) in [5, 5.41) is 11.6. The first-order chi connectivity index (χ1) is 11.6. The molecule has 0 N–H and O–H groups in total. The fourth-order valence-corrected chi connectivity index (χ4v) is 3.36. The Balaban J connectivity index is 1.56. The summed E-state index contributed by atoms with van der Waals surface area (Å²) in [4.78, 5) is 15.8. The Bertz CT molecular complexity index is 827. The second-order valence-corrected chi connectivity index (χ2v) is 6.96. The van der Waals surface area contributed by atoms with Crippen LogP contribution in [0.2, 0.25) is 0 Å². The number of rotatable bonds is 6. The highest BCUT2D eigenvalue weighted by atomic mass is 32.2. The van der Waals surface area contributed by atoms with E-state index in [4.69, 9.17) is 4.42 Å². The van der Waals surface area contributed by atoms with E-state index in [1.807, 2.05) is 24.4 Å². The molecule has 0 spiro atoms. The van der Waals surface area contributed by atoms with Crippen LogP contribution in [0.1, 0.15) is 32.5 Å². The topological polar surface area (TPSA) is 78.1 Å². The number of hydrogen-bond acceptors (Lipinski definition) is 8. The van der Waals surface area contributed by atoms with Gasteiger partial charge in [-0.1, -0.05) is 23.9 Å². The van der Waals surface area contributed by atoms with E-state index in [2.05, 4.69) is 19.9 Å². The zero-order chi connectivity index (χ0) is 16.9. The number of nitrogens with zero attached hydrogens (tertiary/aromatic N) is 3. The van der Waals surface area contributed by atoms with Gasteiger partial charge in [0.05, 0.1) is 29.8 Å². The summed E-state index contributed by atoms with van der Waals surface area (Å²) < 4.78 is 10.3. The van der Waals surface area contributed by atoms with Crippen LogP contribution in [0.5, 0.6) is 0 Å². The first kappa shape index (κ1) is 16.7. The van der Waals surface area contributed by atoms with Crippen molar-refractivity contribution in [1.29, 1.82) is 0 Å². The van der Waals surface area contributed by atoms with Gasteiger partial charge in [-0.2, -0.15) is 0 Å². The number of benzene rings is 1. The number of hydrogen-bond donors (Lipinski definition) is 0. The number of ether oxygens (including phenoxy) is 1. The van der Waals surface area contributed by atoms with Gasteiger partial charge < -0.3 is 9.15 Å². The number of thioether (sulfide) groups is 1. The van der Waals surface area contributed by atoms with Crippen LogP contribution in [-0.2, 0) is 16.9 Å². The molecule has 0 bridgehead atoms. The summed E-state index contributed by atoms with van der Waals surface area (Å²) in [5.74, 6) is 0.899. The molecule has 0 unspecified atom stereocenters. The Morgan fingerprint density at radius 3 is 2.75 bits per heavy atom. The number of aromatic nitrogens is 3. The van der Waals surface area contributed by atoms with E-state index in [-0.39, 0.29) is 5.97 Å². The van der Waals surface area contributed by atoms with Crippen molar-refractivity contribution < 1.29 is 13.9 Å². The number of methoxy groups -OCH3 is 1. The van der Waals surface area contributed by atoms with Crippen molar-refractivity contribution in [3.63, 3.8) is 0 Å². The standard InChI is InChI=1S/C16H15N3O3S2/c1-10-17-13(9-23-10)7-14-18-19-16(22-14)24-8-11-3-5-12(6-4-11)15(20)21-2/h3-6,9H,7-8H2,1-2H3. The van der Waals surface area contributed by atoms with Gasteiger partial charge in [0.2, 0.25) is 5.89 Å². The molecule has 0 radical (unpaired) electrons. The van der Waals surface area contributed by atoms with E-state index in [9.17, 15) is 4.79 Å². The molecule has 0 amide bonds. The molecule has 0 aliphatic rings. The van der Waals surface area contributed by atoms with Gasteiger partial charge >= 0.3 is 5.97 Å². The number of carbonyl (C=O) groups excluding carboxylic acids is 1. The molecular weight excluding hydrogens is 346 g/mol. The lowest BCUT2D eigenvalue weighted by Gasteiger charge is -2.01. The van der Waals surface area contributed by atoms with Crippen molar-refractivity contribution in [2.75, 3.05) is 7.11 Å². The third-order valence-corrected chi connectivity index (χ3v) is 4.90. The third kappa shape index (κ3) is 4.21. The van der Waals surface area contributed by atoms with Crippen molar-refractivity contribution in [3.8, 4) is 0 Å². The lowest BCUT2D eigenvalue weighted by molar-refractivity contribution is 0.0600. The van der Waals surface area contributed by atoms with Crippen LogP contribution >= 0.6 is 23.1 Å². The van der Waals surface area contributed by atoms with Crippen molar-refractivity contribution in [1.82, 2.24) is 15.2 Å². The van der Waals surface area contributed by atoms with Crippen LogP contribution in [0, 0.1) is 6.92 Å². The predicted octanol–water partition coefficient (Wildman–Crippen LogP) is 3.50. The van der Waals surface area contributed by atoms with Gasteiger partial charge in [-0.15, -0.1) is 21.5 Å². The normalized spacial score (nSPS) is 10.8. The van der Waals surface area contributed by atoms with E-state index in [1.165, 1.54) is 18.9 Å². The molecule has 8 heteroatoms. The van der Waals surface area contributed by atoms with Gasteiger partial charge in [-0.25, -0.2) is 9.78 Å². The first-order valence-electron chi connectivity index (χ1n) is 7.17. The lowest BCUT2D eigenvalue weighted by Crippen LogP contribution is -2.00. The molecule has 0 saturated heterocycles. The van der Waals surface area contributed by atoms with Crippen LogP contribution < -0.4 is 0 Å². The highest BCUT2D eigenvalue weighted by Crippen LogP contribution is 2.23. The quantitative estimate of drug-likeness (QED) is 0.491. The molecule has 3 rings (SSSR count). The SMILES string of the molecule is COC(=O)c1ccc(CSc2nnc(Cc3csc(C)n3)o2)cc1. The average molecular weight is 361 g/mol. The number of aryl methyl sites for hydroxylation is 1. The molecular formula is C16H15N3O3S2. The zero-order valence-corrected chi connectivity index (χ0v) is 14.8. The van der Waals surface area contributed by atoms with Crippen LogP contribution in [0.25, 0.3) is 0 Å². The van der Waals surface area contributed by atoms with Gasteiger partial charge in [0.15, 0.2) is 0 Å². The second kappa shape index (κ2) is 7.59.